The van der Waals surface area contributed by atoms with Gasteiger partial charge in [0.2, 0.25) is 0 Å². The molecule has 5 nitrogen and oxygen atoms in total. The molecule has 0 spiro atoms. The van der Waals surface area contributed by atoms with Gasteiger partial charge in [0.1, 0.15) is 5.82 Å². The van der Waals surface area contributed by atoms with Crippen LogP contribution in [0.3, 0.4) is 0 Å². The maximum atomic E-state index is 13.8. The number of halogens is 1. The molecule has 0 bridgehead atoms. The molecule has 3 aromatic rings. The molecule has 0 unspecified atom stereocenters. The molecular weight excluding hydrogens is 383 g/mol. The highest BCUT2D eigenvalue weighted by Gasteiger charge is 2.30. The minimum absolute atomic E-state index is 0.0150. The van der Waals surface area contributed by atoms with Gasteiger partial charge in [0.25, 0.3) is 11.6 Å². The van der Waals surface area contributed by atoms with Gasteiger partial charge in [-0.2, -0.15) is 0 Å². The average Bonchev–Trinajstić information content (AvgIpc) is 3.07. The van der Waals surface area contributed by atoms with Gasteiger partial charge in [-0.25, -0.2) is 4.39 Å². The Morgan fingerprint density at radius 3 is 2.33 bits per heavy atom. The van der Waals surface area contributed by atoms with E-state index in [4.69, 9.17) is 0 Å². The van der Waals surface area contributed by atoms with E-state index in [-0.39, 0.29) is 17.4 Å². The number of nitro groups is 1. The lowest BCUT2D eigenvalue weighted by molar-refractivity contribution is -0.384. The predicted octanol–water partition coefficient (Wildman–Crippen LogP) is 5.51. The van der Waals surface area contributed by atoms with Crippen LogP contribution in [0.2, 0.25) is 0 Å². The average molecular weight is 400 g/mol. The van der Waals surface area contributed by atoms with Crippen LogP contribution in [-0.2, 0) is 4.79 Å². The number of hydrogen-bond acceptors (Lipinski definition) is 3. The molecule has 0 saturated carbocycles. The molecule has 148 valence electrons. The Morgan fingerprint density at radius 2 is 1.70 bits per heavy atom. The standard InChI is InChI=1S/C24H17FN2O3/c1-16-13-21(11-12-22(16)25)26-23(18-5-3-2-4-6-18)15-19(24(26)28)14-17-7-9-20(10-8-17)27(29)30/h2-15H,1H3/b19-14+. The normalized spacial score (nSPS) is 14.9. The first-order valence-corrected chi connectivity index (χ1v) is 9.28. The first kappa shape index (κ1) is 19.3. The number of benzene rings is 3. The summed E-state index contributed by atoms with van der Waals surface area (Å²) >= 11 is 0. The lowest BCUT2D eigenvalue weighted by Crippen LogP contribution is -2.25. The number of aryl methyl sites for hydroxylation is 1. The summed E-state index contributed by atoms with van der Waals surface area (Å²) in [6.07, 6.45) is 3.46. The van der Waals surface area contributed by atoms with Crippen molar-refractivity contribution >= 4 is 29.1 Å². The van der Waals surface area contributed by atoms with Crippen LogP contribution < -0.4 is 4.90 Å². The Bertz CT molecular complexity index is 1200. The summed E-state index contributed by atoms with van der Waals surface area (Å²) in [5, 5.41) is 10.9. The monoisotopic (exact) mass is 400 g/mol. The molecule has 30 heavy (non-hydrogen) atoms. The van der Waals surface area contributed by atoms with Crippen molar-refractivity contribution in [2.75, 3.05) is 4.90 Å². The van der Waals surface area contributed by atoms with Gasteiger partial charge in [-0.15, -0.1) is 0 Å². The molecule has 6 heteroatoms. The highest BCUT2D eigenvalue weighted by molar-refractivity contribution is 6.23. The second-order valence-electron chi connectivity index (χ2n) is 6.92. The summed E-state index contributed by atoms with van der Waals surface area (Å²) < 4.78 is 13.8. The van der Waals surface area contributed by atoms with Crippen LogP contribution in [0.4, 0.5) is 15.8 Å². The third kappa shape index (κ3) is 3.63. The maximum absolute atomic E-state index is 13.8. The number of rotatable bonds is 4. The molecular formula is C24H17FN2O3. The van der Waals surface area contributed by atoms with E-state index in [1.807, 2.05) is 30.3 Å². The third-order valence-electron chi connectivity index (χ3n) is 4.88. The van der Waals surface area contributed by atoms with Crippen molar-refractivity contribution < 1.29 is 14.1 Å². The zero-order valence-corrected chi connectivity index (χ0v) is 16.1. The van der Waals surface area contributed by atoms with E-state index in [0.717, 1.165) is 5.56 Å². The summed E-state index contributed by atoms with van der Waals surface area (Å²) in [6.45, 7) is 1.65. The fourth-order valence-corrected chi connectivity index (χ4v) is 3.33. The first-order valence-electron chi connectivity index (χ1n) is 9.28. The van der Waals surface area contributed by atoms with E-state index >= 15 is 0 Å². The predicted molar refractivity (Wildman–Crippen MR) is 114 cm³/mol. The fourth-order valence-electron chi connectivity index (χ4n) is 3.33. The first-order chi connectivity index (χ1) is 14.4. The van der Waals surface area contributed by atoms with Crippen molar-refractivity contribution in [3.05, 3.63) is 117 Å². The summed E-state index contributed by atoms with van der Waals surface area (Å²) in [6, 6.07) is 20.0. The third-order valence-corrected chi connectivity index (χ3v) is 4.88. The Labute approximate surface area is 172 Å². The largest absolute Gasteiger partial charge is 0.276 e. The maximum Gasteiger partial charge on any atom is 0.269 e. The molecule has 1 amide bonds. The molecule has 0 aliphatic carbocycles. The Morgan fingerprint density at radius 1 is 1.00 bits per heavy atom. The number of carbonyl (C=O) groups is 1. The lowest BCUT2D eigenvalue weighted by Gasteiger charge is -2.21. The summed E-state index contributed by atoms with van der Waals surface area (Å²) in [5.41, 5.74) is 3.63. The van der Waals surface area contributed by atoms with Crippen LogP contribution in [0.25, 0.3) is 11.8 Å². The van der Waals surface area contributed by atoms with Crippen molar-refractivity contribution in [2.45, 2.75) is 6.92 Å². The van der Waals surface area contributed by atoms with Gasteiger partial charge in [-0.1, -0.05) is 30.3 Å². The van der Waals surface area contributed by atoms with E-state index in [0.29, 0.717) is 28.1 Å². The van der Waals surface area contributed by atoms with Crippen LogP contribution >= 0.6 is 0 Å². The van der Waals surface area contributed by atoms with Gasteiger partial charge >= 0.3 is 0 Å². The highest BCUT2D eigenvalue weighted by atomic mass is 19.1. The minimum atomic E-state index is -0.469. The molecule has 0 N–H and O–H groups in total. The SMILES string of the molecule is Cc1cc(N2C(=O)/C(=C/c3ccc([N+](=O)[O-])cc3)C=C2c2ccccc2)ccc1F. The van der Waals surface area contributed by atoms with Crippen LogP contribution in [0.5, 0.6) is 0 Å². The fraction of sp³-hybridized carbons (Fsp3) is 0.0417. The molecule has 0 aromatic heterocycles. The number of amides is 1. The molecule has 0 atom stereocenters. The van der Waals surface area contributed by atoms with Gasteiger partial charge in [0.15, 0.2) is 0 Å². The number of nitro benzene ring substituents is 1. The molecule has 3 aromatic carbocycles. The number of non-ortho nitro benzene ring substituents is 1. The van der Waals surface area contributed by atoms with Gasteiger partial charge in [-0.05, 0) is 66.1 Å². The van der Waals surface area contributed by atoms with Gasteiger partial charge in [0, 0.05) is 23.4 Å². The smallest absolute Gasteiger partial charge is 0.269 e. The quantitative estimate of drug-likeness (QED) is 0.329. The van der Waals surface area contributed by atoms with E-state index < -0.39 is 4.92 Å². The Hall–Kier alpha value is -4.06. The van der Waals surface area contributed by atoms with Gasteiger partial charge < -0.3 is 0 Å². The molecule has 1 aliphatic rings. The minimum Gasteiger partial charge on any atom is -0.276 e. The Balaban J connectivity index is 1.79. The van der Waals surface area contributed by atoms with Gasteiger partial charge in [0.05, 0.1) is 10.6 Å². The number of nitrogens with zero attached hydrogens (tertiary/aromatic N) is 2. The number of anilines is 1. The number of carbonyl (C=O) groups excluding carboxylic acids is 1. The molecule has 1 aliphatic heterocycles. The van der Waals surface area contributed by atoms with Crippen LogP contribution in [0.15, 0.2) is 84.4 Å². The summed E-state index contributed by atoms with van der Waals surface area (Å²) in [4.78, 5) is 25.2. The topological polar surface area (TPSA) is 63.5 Å². The van der Waals surface area contributed by atoms with E-state index in [9.17, 15) is 19.3 Å². The molecule has 1 heterocycles. The molecule has 0 radical (unpaired) electrons. The van der Waals surface area contributed by atoms with E-state index in [2.05, 4.69) is 0 Å². The lowest BCUT2D eigenvalue weighted by atomic mass is 10.1. The molecule has 0 fully saturated rings. The van der Waals surface area contributed by atoms with E-state index in [1.165, 1.54) is 18.2 Å². The van der Waals surface area contributed by atoms with Crippen molar-refractivity contribution in [2.24, 2.45) is 0 Å². The van der Waals surface area contributed by atoms with Crippen molar-refractivity contribution in [3.63, 3.8) is 0 Å². The Kier molecular flexibility index (Phi) is 4.98. The van der Waals surface area contributed by atoms with E-state index in [1.54, 1.807) is 48.2 Å². The summed E-state index contributed by atoms with van der Waals surface area (Å²) in [5.74, 6) is -0.588. The number of hydrogen-bond donors (Lipinski definition) is 0. The zero-order valence-electron chi connectivity index (χ0n) is 16.1. The van der Waals surface area contributed by atoms with Crippen LogP contribution in [0.1, 0.15) is 16.7 Å². The van der Waals surface area contributed by atoms with Crippen LogP contribution in [0, 0.1) is 22.9 Å². The van der Waals surface area contributed by atoms with Crippen molar-refractivity contribution in [3.8, 4) is 0 Å². The molecule has 4 rings (SSSR count). The second-order valence-corrected chi connectivity index (χ2v) is 6.92. The zero-order chi connectivity index (χ0) is 21.3. The van der Waals surface area contributed by atoms with Gasteiger partial charge in [-0.3, -0.25) is 19.8 Å². The van der Waals surface area contributed by atoms with Crippen molar-refractivity contribution in [1.29, 1.82) is 0 Å². The second kappa shape index (κ2) is 7.75. The highest BCUT2D eigenvalue weighted by Crippen LogP contribution is 2.35. The van der Waals surface area contributed by atoms with Crippen molar-refractivity contribution in [1.82, 2.24) is 0 Å². The molecule has 0 saturated heterocycles. The summed E-state index contributed by atoms with van der Waals surface area (Å²) in [7, 11) is 0. The van der Waals surface area contributed by atoms with Crippen LogP contribution in [-0.4, -0.2) is 10.8 Å².